The van der Waals surface area contributed by atoms with E-state index in [4.69, 9.17) is 4.74 Å². The third kappa shape index (κ3) is 2.44. The first-order chi connectivity index (χ1) is 16.4. The Morgan fingerprint density at radius 3 is 2.71 bits per heavy atom. The van der Waals surface area contributed by atoms with Crippen LogP contribution in [0, 0.1) is 17.8 Å². The van der Waals surface area contributed by atoms with Crippen LogP contribution < -0.4 is 4.90 Å². The van der Waals surface area contributed by atoms with Gasteiger partial charge in [-0.15, -0.1) is 0 Å². The van der Waals surface area contributed by atoms with Gasteiger partial charge in [-0.3, -0.25) is 9.38 Å². The number of benzene rings is 1. The fourth-order valence-electron chi connectivity index (χ4n) is 10.3. The number of quaternary nitrogens is 1. The molecule has 1 aliphatic carbocycles. The zero-order chi connectivity index (χ0) is 23.4. The number of aliphatic hydroxyl groups excluding tert-OH is 3. The fourth-order valence-corrected chi connectivity index (χ4v) is 10.3. The number of β-amino-alcohol motifs (C(OH)–C–C–N with tert-alkyl or cyclic N) is 1. The Bertz CT molecular complexity index is 971. The van der Waals surface area contributed by atoms with Crippen LogP contribution in [0.4, 0.5) is 5.69 Å². The molecule has 1 spiro atoms. The lowest BCUT2D eigenvalue weighted by Crippen LogP contribution is -2.84. The monoisotopic (exact) mass is 470 g/mol. The molecule has 1 aromatic carbocycles. The zero-order valence-electron chi connectivity index (χ0n) is 20.5. The van der Waals surface area contributed by atoms with Gasteiger partial charge in [-0.1, -0.05) is 25.1 Å². The van der Waals surface area contributed by atoms with E-state index < -0.39 is 12.3 Å². The second-order valence-electron chi connectivity index (χ2n) is 12.1. The molecule has 1 saturated carbocycles. The minimum atomic E-state index is -0.498. The lowest BCUT2D eigenvalue weighted by atomic mass is 9.60. The molecule has 0 radical (unpaired) electrons. The van der Waals surface area contributed by atoms with Gasteiger partial charge >= 0.3 is 0 Å². The highest BCUT2D eigenvalue weighted by Gasteiger charge is 2.83. The summed E-state index contributed by atoms with van der Waals surface area (Å²) in [6, 6.07) is 9.27. The van der Waals surface area contributed by atoms with Crippen LogP contribution >= 0.6 is 0 Å². The molecule has 7 heteroatoms. The van der Waals surface area contributed by atoms with Crippen LogP contribution in [-0.2, 0) is 10.2 Å². The number of fused-ring (bicyclic) bond motifs is 2. The third-order valence-corrected chi connectivity index (χ3v) is 11.2. The molecule has 1 aromatic rings. The van der Waals surface area contributed by atoms with E-state index in [1.807, 2.05) is 0 Å². The Hall–Kier alpha value is -1.22. The number of nitrogens with zero attached hydrogens (tertiary/aromatic N) is 3. The summed E-state index contributed by atoms with van der Waals surface area (Å²) in [5.74, 6) is 0.758. The van der Waals surface area contributed by atoms with Crippen LogP contribution in [0.15, 0.2) is 24.3 Å². The first kappa shape index (κ1) is 22.0. The Kier molecular flexibility index (Phi) is 4.79. The van der Waals surface area contributed by atoms with Gasteiger partial charge in [0.1, 0.15) is 18.7 Å². The van der Waals surface area contributed by atoms with Crippen molar-refractivity contribution in [2.75, 3.05) is 51.3 Å². The van der Waals surface area contributed by atoms with Crippen LogP contribution in [-0.4, -0.2) is 108 Å². The highest BCUT2D eigenvalue weighted by atomic mass is 16.5. The summed E-state index contributed by atoms with van der Waals surface area (Å²) in [4.78, 5) is 4.72. The molecule has 5 unspecified atom stereocenters. The van der Waals surface area contributed by atoms with E-state index in [0.29, 0.717) is 23.5 Å². The van der Waals surface area contributed by atoms with Gasteiger partial charge in [0.2, 0.25) is 0 Å². The number of morpholine rings is 1. The quantitative estimate of drug-likeness (QED) is 0.552. The largest absolute Gasteiger partial charge is 0.392 e. The normalized spacial score (nSPS) is 49.4. The zero-order valence-corrected chi connectivity index (χ0v) is 20.5. The Morgan fingerprint density at radius 1 is 1.18 bits per heavy atom. The van der Waals surface area contributed by atoms with E-state index >= 15 is 0 Å². The maximum Gasteiger partial charge on any atom is 0.194 e. The summed E-state index contributed by atoms with van der Waals surface area (Å²) in [6.07, 6.45) is 1.54. The molecule has 6 aliphatic heterocycles. The van der Waals surface area contributed by atoms with E-state index in [0.717, 1.165) is 45.6 Å². The Balaban J connectivity index is 1.32. The van der Waals surface area contributed by atoms with Gasteiger partial charge in [0.25, 0.3) is 0 Å². The topological polar surface area (TPSA) is 76.4 Å². The molecule has 7 nitrogen and oxygen atoms in total. The van der Waals surface area contributed by atoms with Crippen molar-refractivity contribution < 1.29 is 24.5 Å². The molecular weight excluding hydrogens is 430 g/mol. The average Bonchev–Trinajstić information content (AvgIpc) is 3.23. The van der Waals surface area contributed by atoms with Crippen molar-refractivity contribution in [1.29, 1.82) is 0 Å². The smallest absolute Gasteiger partial charge is 0.194 e. The molecule has 5 saturated heterocycles. The highest BCUT2D eigenvalue weighted by molar-refractivity contribution is 5.66. The minimum absolute atomic E-state index is 0.161. The maximum atomic E-state index is 12.1. The number of para-hydroxylation sites is 1. The molecule has 0 aromatic heterocycles. The van der Waals surface area contributed by atoms with E-state index in [2.05, 4.69) is 48.0 Å². The van der Waals surface area contributed by atoms with Crippen LogP contribution in [0.2, 0.25) is 0 Å². The van der Waals surface area contributed by atoms with Crippen LogP contribution in [0.1, 0.15) is 31.7 Å². The van der Waals surface area contributed by atoms with Gasteiger partial charge in [-0.25, -0.2) is 0 Å². The minimum Gasteiger partial charge on any atom is -0.392 e. The molecule has 34 heavy (non-hydrogen) atoms. The summed E-state index contributed by atoms with van der Waals surface area (Å²) >= 11 is 0. The molecule has 0 amide bonds. The van der Waals surface area contributed by atoms with Crippen LogP contribution in [0.25, 0.3) is 0 Å². The predicted octanol–water partition coefficient (Wildman–Crippen LogP) is 0.762. The molecule has 7 aliphatic rings. The summed E-state index contributed by atoms with van der Waals surface area (Å²) in [5, 5.41) is 35.6. The second-order valence-corrected chi connectivity index (χ2v) is 12.1. The lowest BCUT2D eigenvalue weighted by molar-refractivity contribution is -1.04. The van der Waals surface area contributed by atoms with Gasteiger partial charge in [0.05, 0.1) is 36.8 Å². The van der Waals surface area contributed by atoms with Crippen molar-refractivity contribution >= 4 is 5.69 Å². The number of hydrogen-bond donors (Lipinski definition) is 3. The second kappa shape index (κ2) is 7.40. The van der Waals surface area contributed by atoms with Crippen LogP contribution in [0.5, 0.6) is 0 Å². The molecule has 6 heterocycles. The van der Waals surface area contributed by atoms with E-state index in [1.165, 1.54) is 11.3 Å². The molecule has 186 valence electrons. The van der Waals surface area contributed by atoms with E-state index in [9.17, 15) is 15.3 Å². The van der Waals surface area contributed by atoms with Crippen molar-refractivity contribution in [3.05, 3.63) is 29.8 Å². The molecule has 8 rings (SSSR count). The number of aliphatic hydroxyl groups is 3. The predicted molar refractivity (Wildman–Crippen MR) is 128 cm³/mol. The fraction of sp³-hybridized carbons (Fsp3) is 0.778. The standard InChI is InChI=1S/C27H40N3O4/c1-3-17-18-12-21-24-27(19-6-4-5-7-20(19)28(24)2)13-22(23(18)25(27)32)30(21,26(17)33)15-16(31)14-29-8-10-34-11-9-29/h4-7,16-18,21-26,31-33H,3,8-15H2,1-2H3/q+1/t16?,17-,18?,21-,22-,23?,24-,25+,26+,27?,30?/m0/s1. The summed E-state index contributed by atoms with van der Waals surface area (Å²) < 4.78 is 6.10. The summed E-state index contributed by atoms with van der Waals surface area (Å²) in [7, 11) is 2.19. The number of hydrogen-bond acceptors (Lipinski definition) is 6. The number of piperidine rings is 4. The van der Waals surface area contributed by atoms with Gasteiger partial charge in [-0.2, -0.15) is 0 Å². The van der Waals surface area contributed by atoms with Gasteiger partial charge in [0, 0.05) is 57.0 Å². The summed E-state index contributed by atoms with van der Waals surface area (Å²) in [5.41, 5.74) is 2.30. The molecule has 11 atom stereocenters. The van der Waals surface area contributed by atoms with Gasteiger partial charge < -0.3 is 25.0 Å². The average molecular weight is 471 g/mol. The van der Waals surface area contributed by atoms with Crippen molar-refractivity contribution in [2.24, 2.45) is 17.8 Å². The Morgan fingerprint density at radius 2 is 1.94 bits per heavy atom. The number of likely N-dealkylation sites (N-methyl/N-ethyl adjacent to an activating group) is 1. The number of anilines is 1. The number of ether oxygens (including phenoxy) is 1. The van der Waals surface area contributed by atoms with E-state index in [1.54, 1.807) is 0 Å². The van der Waals surface area contributed by atoms with Crippen molar-refractivity contribution in [1.82, 2.24) is 4.90 Å². The first-order valence-corrected chi connectivity index (χ1v) is 13.5. The van der Waals surface area contributed by atoms with E-state index in [-0.39, 0.29) is 41.5 Å². The summed E-state index contributed by atoms with van der Waals surface area (Å²) in [6.45, 7) is 6.57. The van der Waals surface area contributed by atoms with Crippen LogP contribution in [0.3, 0.4) is 0 Å². The molecule has 3 N–H and O–H groups in total. The lowest BCUT2D eigenvalue weighted by Gasteiger charge is -2.68. The first-order valence-electron chi connectivity index (χ1n) is 13.5. The highest BCUT2D eigenvalue weighted by Crippen LogP contribution is 2.71. The Labute approximate surface area is 202 Å². The van der Waals surface area contributed by atoms with Crippen molar-refractivity contribution in [2.45, 2.75) is 68.2 Å². The molecular formula is C27H40N3O4+. The van der Waals surface area contributed by atoms with Gasteiger partial charge in [-0.05, 0) is 24.0 Å². The third-order valence-electron chi connectivity index (χ3n) is 11.2. The van der Waals surface area contributed by atoms with Crippen molar-refractivity contribution in [3.63, 3.8) is 0 Å². The van der Waals surface area contributed by atoms with Gasteiger partial charge in [0.15, 0.2) is 6.23 Å². The molecule has 6 fully saturated rings. The SMILES string of the molecule is CC[C@H]1C2C[C@H]3[C@@H]4N(C)c5ccccc5C45C[C@@H](C2[C@H]5O)[N+]3(CC(O)CN2CCOCC2)[C@@H]1O. The van der Waals surface area contributed by atoms with Crippen molar-refractivity contribution in [3.8, 4) is 0 Å². The maximum absolute atomic E-state index is 12.1. The number of rotatable bonds is 5. The molecule has 5 bridgehead atoms.